The summed E-state index contributed by atoms with van der Waals surface area (Å²) in [6.45, 7) is 4.35. The molecule has 4 nitrogen and oxygen atoms in total. The van der Waals surface area contributed by atoms with Gasteiger partial charge in [0.1, 0.15) is 0 Å². The van der Waals surface area contributed by atoms with Crippen LogP contribution in [-0.2, 0) is 11.3 Å². The first-order valence-electron chi connectivity index (χ1n) is 5.78. The predicted molar refractivity (Wildman–Crippen MR) is 67.0 cm³/mol. The van der Waals surface area contributed by atoms with Crippen molar-refractivity contribution >= 4 is 11.7 Å². The number of carbonyl (C=O) groups is 1. The Balaban J connectivity index is 2.77. The van der Waals surface area contributed by atoms with E-state index in [-0.39, 0.29) is 24.0 Å². The van der Waals surface area contributed by atoms with Crippen molar-refractivity contribution < 1.29 is 14.6 Å². The molecule has 0 aliphatic rings. The van der Waals surface area contributed by atoms with E-state index in [9.17, 15) is 4.79 Å². The lowest BCUT2D eigenvalue weighted by Crippen LogP contribution is -2.12. The van der Waals surface area contributed by atoms with Crippen LogP contribution in [0.1, 0.15) is 42.6 Å². The van der Waals surface area contributed by atoms with Gasteiger partial charge in [-0.2, -0.15) is 0 Å². The molecule has 4 heteroatoms. The van der Waals surface area contributed by atoms with Crippen LogP contribution in [0.15, 0.2) is 18.2 Å². The van der Waals surface area contributed by atoms with Crippen LogP contribution in [0.4, 0.5) is 5.69 Å². The van der Waals surface area contributed by atoms with Gasteiger partial charge in [0, 0.05) is 5.69 Å². The molecule has 3 N–H and O–H groups in total. The summed E-state index contributed by atoms with van der Waals surface area (Å²) in [5, 5.41) is 9.08. The molecule has 0 saturated heterocycles. The summed E-state index contributed by atoms with van der Waals surface area (Å²) in [6, 6.07) is 5.06. The third-order valence-corrected chi connectivity index (χ3v) is 2.62. The second-order valence-corrected chi connectivity index (χ2v) is 4.10. The van der Waals surface area contributed by atoms with Gasteiger partial charge in [-0.1, -0.05) is 25.5 Å². The van der Waals surface area contributed by atoms with Crippen molar-refractivity contribution in [3.8, 4) is 0 Å². The zero-order valence-corrected chi connectivity index (χ0v) is 10.3. The number of hydrogen-bond acceptors (Lipinski definition) is 3. The molecule has 1 rings (SSSR count). The Bertz CT molecular complexity index is 390. The van der Waals surface area contributed by atoms with Crippen LogP contribution >= 0.6 is 0 Å². The van der Waals surface area contributed by atoms with Crippen molar-refractivity contribution in [3.05, 3.63) is 29.3 Å². The number of anilines is 1. The smallest absolute Gasteiger partial charge is 0.338 e. The topological polar surface area (TPSA) is 72.5 Å². The van der Waals surface area contributed by atoms with Crippen LogP contribution in [0.2, 0.25) is 0 Å². The Morgan fingerprint density at radius 3 is 2.82 bits per heavy atom. The molecule has 17 heavy (non-hydrogen) atoms. The fourth-order valence-electron chi connectivity index (χ4n) is 1.72. The van der Waals surface area contributed by atoms with Gasteiger partial charge >= 0.3 is 5.97 Å². The summed E-state index contributed by atoms with van der Waals surface area (Å²) >= 11 is 0. The van der Waals surface area contributed by atoms with Crippen molar-refractivity contribution in [1.82, 2.24) is 0 Å². The monoisotopic (exact) mass is 237 g/mol. The first-order chi connectivity index (χ1) is 8.06. The van der Waals surface area contributed by atoms with E-state index in [1.165, 1.54) is 0 Å². The van der Waals surface area contributed by atoms with Crippen molar-refractivity contribution in [2.75, 3.05) is 5.73 Å². The molecule has 1 unspecified atom stereocenters. The Morgan fingerprint density at radius 1 is 1.53 bits per heavy atom. The van der Waals surface area contributed by atoms with Crippen LogP contribution in [0, 0.1) is 0 Å². The largest absolute Gasteiger partial charge is 0.478 e. The molecule has 0 aromatic heterocycles. The highest BCUT2D eigenvalue weighted by Crippen LogP contribution is 2.19. The molecule has 1 aromatic carbocycles. The summed E-state index contributed by atoms with van der Waals surface area (Å²) in [5.41, 5.74) is 6.71. The Kier molecular flexibility index (Phi) is 4.97. The molecule has 0 radical (unpaired) electrons. The number of carboxylic acid groups (broad SMARTS) is 1. The molecular formula is C13H19NO3. The van der Waals surface area contributed by atoms with E-state index >= 15 is 0 Å². The number of nitrogens with two attached hydrogens (primary N) is 1. The van der Waals surface area contributed by atoms with Gasteiger partial charge in [-0.3, -0.25) is 0 Å². The molecule has 0 bridgehead atoms. The van der Waals surface area contributed by atoms with Crippen molar-refractivity contribution in [1.29, 1.82) is 0 Å². The van der Waals surface area contributed by atoms with Gasteiger partial charge in [-0.15, -0.1) is 0 Å². The van der Waals surface area contributed by atoms with Crippen molar-refractivity contribution in [2.24, 2.45) is 0 Å². The maximum Gasteiger partial charge on any atom is 0.338 e. The maximum absolute atomic E-state index is 11.1. The molecule has 0 heterocycles. The van der Waals surface area contributed by atoms with Gasteiger partial charge in [0.25, 0.3) is 0 Å². The number of aromatic carboxylic acids is 1. The van der Waals surface area contributed by atoms with E-state index in [1.54, 1.807) is 18.2 Å². The number of nitrogen functional groups attached to an aromatic ring is 1. The van der Waals surface area contributed by atoms with Crippen LogP contribution in [0.25, 0.3) is 0 Å². The second-order valence-electron chi connectivity index (χ2n) is 4.10. The molecule has 94 valence electrons. The van der Waals surface area contributed by atoms with Gasteiger partial charge in [0.2, 0.25) is 0 Å². The highest BCUT2D eigenvalue weighted by molar-refractivity contribution is 5.95. The normalized spacial score (nSPS) is 12.4. The number of benzene rings is 1. The molecule has 0 amide bonds. The first-order valence-corrected chi connectivity index (χ1v) is 5.78. The zero-order chi connectivity index (χ0) is 12.8. The molecule has 0 aliphatic heterocycles. The minimum absolute atomic E-state index is 0.128. The van der Waals surface area contributed by atoms with Crippen molar-refractivity contribution in [3.63, 3.8) is 0 Å². The Morgan fingerprint density at radius 2 is 2.24 bits per heavy atom. The van der Waals surface area contributed by atoms with Gasteiger partial charge < -0.3 is 15.6 Å². The summed E-state index contributed by atoms with van der Waals surface area (Å²) in [5.74, 6) is -1.01. The van der Waals surface area contributed by atoms with Crippen LogP contribution in [0.5, 0.6) is 0 Å². The van der Waals surface area contributed by atoms with E-state index in [0.717, 1.165) is 12.8 Å². The third kappa shape index (κ3) is 3.75. The number of hydrogen-bond donors (Lipinski definition) is 2. The number of ether oxygens (including phenoxy) is 1. The minimum atomic E-state index is -1.01. The second kappa shape index (κ2) is 6.25. The molecule has 0 saturated carbocycles. The summed E-state index contributed by atoms with van der Waals surface area (Å²) in [4.78, 5) is 11.1. The average Bonchev–Trinajstić information content (AvgIpc) is 2.26. The lowest BCUT2D eigenvalue weighted by atomic mass is 10.1. The molecule has 1 aromatic rings. The average molecular weight is 237 g/mol. The number of carboxylic acids is 1. The molecule has 0 fully saturated rings. The highest BCUT2D eigenvalue weighted by atomic mass is 16.5. The van der Waals surface area contributed by atoms with Gasteiger partial charge in [-0.05, 0) is 25.0 Å². The highest BCUT2D eigenvalue weighted by Gasteiger charge is 2.14. The van der Waals surface area contributed by atoms with E-state index in [4.69, 9.17) is 15.6 Å². The molecular weight excluding hydrogens is 218 g/mol. The zero-order valence-electron chi connectivity index (χ0n) is 10.3. The maximum atomic E-state index is 11.1. The standard InChI is InChI=1S/C13H19NO3/c1-3-5-9(2)17-8-10-6-4-7-11(14)12(10)13(15)16/h4,6-7,9H,3,5,8,14H2,1-2H3,(H,15,16). The lowest BCUT2D eigenvalue weighted by Gasteiger charge is -2.14. The minimum Gasteiger partial charge on any atom is -0.478 e. The SMILES string of the molecule is CCCC(C)OCc1cccc(N)c1C(=O)O. The number of rotatable bonds is 6. The van der Waals surface area contributed by atoms with Gasteiger partial charge in [0.15, 0.2) is 0 Å². The van der Waals surface area contributed by atoms with Crippen LogP contribution < -0.4 is 5.73 Å². The third-order valence-electron chi connectivity index (χ3n) is 2.62. The van der Waals surface area contributed by atoms with E-state index < -0.39 is 5.97 Å². The summed E-state index contributed by atoms with van der Waals surface area (Å²) in [7, 11) is 0. The molecule has 0 aliphatic carbocycles. The Labute approximate surface area is 101 Å². The summed E-state index contributed by atoms with van der Waals surface area (Å²) < 4.78 is 5.60. The van der Waals surface area contributed by atoms with E-state index in [1.807, 2.05) is 6.92 Å². The van der Waals surface area contributed by atoms with Crippen LogP contribution in [0.3, 0.4) is 0 Å². The Hall–Kier alpha value is -1.55. The fourth-order valence-corrected chi connectivity index (χ4v) is 1.72. The quantitative estimate of drug-likeness (QED) is 0.746. The van der Waals surface area contributed by atoms with E-state index in [2.05, 4.69) is 6.92 Å². The van der Waals surface area contributed by atoms with Gasteiger partial charge in [0.05, 0.1) is 18.3 Å². The van der Waals surface area contributed by atoms with E-state index in [0.29, 0.717) is 5.56 Å². The summed E-state index contributed by atoms with van der Waals surface area (Å²) in [6.07, 6.45) is 2.14. The lowest BCUT2D eigenvalue weighted by molar-refractivity contribution is 0.0455. The molecule has 1 atom stereocenters. The van der Waals surface area contributed by atoms with Crippen molar-refractivity contribution in [2.45, 2.75) is 39.4 Å². The van der Waals surface area contributed by atoms with Crippen LogP contribution in [-0.4, -0.2) is 17.2 Å². The fraction of sp³-hybridized carbons (Fsp3) is 0.462. The predicted octanol–water partition coefficient (Wildman–Crippen LogP) is 2.67. The molecule has 0 spiro atoms. The first kappa shape index (κ1) is 13.5. The van der Waals surface area contributed by atoms with Gasteiger partial charge in [-0.25, -0.2) is 4.79 Å².